The van der Waals surface area contributed by atoms with E-state index in [1.54, 1.807) is 0 Å². The predicted molar refractivity (Wildman–Crippen MR) is 317 cm³/mol. The van der Waals surface area contributed by atoms with E-state index in [4.69, 9.17) is 0 Å². The molecule has 3 heteroatoms. The van der Waals surface area contributed by atoms with E-state index < -0.39 is 0 Å². The van der Waals surface area contributed by atoms with Crippen molar-refractivity contribution in [1.29, 1.82) is 0 Å². The smallest absolute Gasteiger partial charge is 0.0541 e. The summed E-state index contributed by atoms with van der Waals surface area (Å²) in [6.07, 6.45) is 0. The molecule has 12 aromatic carbocycles. The molecule has 0 unspecified atom stereocenters. The van der Waals surface area contributed by atoms with Crippen molar-refractivity contribution in [3.05, 3.63) is 297 Å². The number of fused-ring (bicyclic) bond motifs is 6. The summed E-state index contributed by atoms with van der Waals surface area (Å²) in [4.78, 5) is 2.38. The van der Waals surface area contributed by atoms with Gasteiger partial charge in [0.05, 0.1) is 27.8 Å². The lowest BCUT2D eigenvalue weighted by Gasteiger charge is -2.28. The maximum Gasteiger partial charge on any atom is 0.0541 e. The summed E-state index contributed by atoms with van der Waals surface area (Å²) in [5.74, 6) is 0. The molecule has 0 radical (unpaired) electrons. The van der Waals surface area contributed by atoms with Gasteiger partial charge in [-0.3, -0.25) is 0 Å². The number of anilines is 3. The van der Waals surface area contributed by atoms with E-state index in [2.05, 4.69) is 311 Å². The Morgan fingerprint density at radius 1 is 0.200 bits per heavy atom. The van der Waals surface area contributed by atoms with E-state index in [0.29, 0.717) is 0 Å². The van der Waals surface area contributed by atoms with Gasteiger partial charge in [0.25, 0.3) is 0 Å². The van der Waals surface area contributed by atoms with Crippen molar-refractivity contribution < 1.29 is 0 Å². The molecular formula is C72H49N3. The molecule has 2 aromatic heterocycles. The molecule has 75 heavy (non-hydrogen) atoms. The highest BCUT2D eigenvalue weighted by atomic mass is 15.1. The highest BCUT2D eigenvalue weighted by Crippen LogP contribution is 2.43. The first-order valence-electron chi connectivity index (χ1n) is 25.7. The summed E-state index contributed by atoms with van der Waals surface area (Å²) in [6, 6.07) is 108. The second-order valence-corrected chi connectivity index (χ2v) is 19.3. The van der Waals surface area contributed by atoms with Crippen molar-refractivity contribution in [2.24, 2.45) is 0 Å². The maximum atomic E-state index is 2.38. The molecule has 0 aliphatic carbocycles. The average molecular weight is 956 g/mol. The van der Waals surface area contributed by atoms with Gasteiger partial charge >= 0.3 is 0 Å². The Morgan fingerprint density at radius 3 is 0.813 bits per heavy atom. The van der Waals surface area contributed by atoms with Crippen LogP contribution in [0.1, 0.15) is 0 Å². The molecule has 0 saturated carbocycles. The standard InChI is InChI=1S/C72H49N3/c1-2-14-58(15-3-1)63-16-4-9-21-68(63)73(59-42-34-54(35-43-59)50-26-30-52(31-27-50)56-38-46-61(47-39-56)74-69-22-10-5-17-64(69)65-18-6-11-23-70(65)74)60-44-36-55(37-45-60)51-28-32-53(33-29-51)57-40-48-62(49-41-57)75-71-24-12-7-19-66(71)67-20-8-13-25-72(67)75/h1-49H. The van der Waals surface area contributed by atoms with Gasteiger partial charge in [-0.05, 0) is 129 Å². The van der Waals surface area contributed by atoms with Crippen molar-refractivity contribution in [2.45, 2.75) is 0 Å². The molecule has 0 aliphatic heterocycles. The first-order valence-corrected chi connectivity index (χ1v) is 25.7. The Labute approximate surface area is 436 Å². The van der Waals surface area contributed by atoms with E-state index >= 15 is 0 Å². The second-order valence-electron chi connectivity index (χ2n) is 19.3. The number of hydrogen-bond donors (Lipinski definition) is 0. The quantitative estimate of drug-likeness (QED) is 0.133. The zero-order valence-electron chi connectivity index (χ0n) is 41.1. The molecule has 352 valence electrons. The maximum absolute atomic E-state index is 2.38. The number of hydrogen-bond acceptors (Lipinski definition) is 1. The van der Waals surface area contributed by atoms with E-state index in [9.17, 15) is 0 Å². The van der Waals surface area contributed by atoms with Crippen LogP contribution in [0.4, 0.5) is 17.1 Å². The van der Waals surface area contributed by atoms with Crippen LogP contribution in [-0.4, -0.2) is 9.13 Å². The zero-order chi connectivity index (χ0) is 49.7. The summed E-state index contributed by atoms with van der Waals surface area (Å²) in [5.41, 5.74) is 22.3. The summed E-state index contributed by atoms with van der Waals surface area (Å²) in [7, 11) is 0. The Balaban J connectivity index is 0.731. The third-order valence-corrected chi connectivity index (χ3v) is 15.0. The fourth-order valence-corrected chi connectivity index (χ4v) is 11.3. The molecule has 3 nitrogen and oxygen atoms in total. The number of para-hydroxylation sites is 5. The van der Waals surface area contributed by atoms with E-state index in [0.717, 1.165) is 28.4 Å². The SMILES string of the molecule is c1ccc(-c2ccccc2N(c2ccc(-c3ccc(-c4ccc(-n5c6ccccc6c6ccccc65)cc4)cc3)cc2)c2ccc(-c3ccc(-c4ccc(-n5c6ccccc6c6ccccc65)cc4)cc3)cc2)cc1. The Kier molecular flexibility index (Phi) is 10.8. The minimum absolute atomic E-state index is 1.09. The van der Waals surface area contributed by atoms with Crippen LogP contribution < -0.4 is 4.90 Å². The van der Waals surface area contributed by atoms with Crippen LogP contribution in [0.2, 0.25) is 0 Å². The van der Waals surface area contributed by atoms with Crippen molar-refractivity contribution in [1.82, 2.24) is 9.13 Å². The Morgan fingerprint density at radius 2 is 0.467 bits per heavy atom. The Hall–Kier alpha value is -9.96. The van der Waals surface area contributed by atoms with Gasteiger partial charge in [0.2, 0.25) is 0 Å². The molecular weight excluding hydrogens is 907 g/mol. The van der Waals surface area contributed by atoms with Gasteiger partial charge in [-0.2, -0.15) is 0 Å². The highest BCUT2D eigenvalue weighted by Gasteiger charge is 2.19. The summed E-state index contributed by atoms with van der Waals surface area (Å²) < 4.78 is 4.73. The lowest BCUT2D eigenvalue weighted by atomic mass is 9.98. The molecule has 2 heterocycles. The van der Waals surface area contributed by atoms with Crippen LogP contribution in [0.25, 0.3) is 111 Å². The van der Waals surface area contributed by atoms with Crippen LogP contribution in [-0.2, 0) is 0 Å². The number of aromatic nitrogens is 2. The molecule has 0 atom stereocenters. The third-order valence-electron chi connectivity index (χ3n) is 15.0. The van der Waals surface area contributed by atoms with Gasteiger partial charge in [0, 0.05) is 49.9 Å². The first kappa shape index (κ1) is 43.8. The summed E-state index contributed by atoms with van der Waals surface area (Å²) in [6.45, 7) is 0. The lowest BCUT2D eigenvalue weighted by molar-refractivity contribution is 1.18. The number of rotatable bonds is 10. The van der Waals surface area contributed by atoms with E-state index in [1.807, 2.05) is 0 Å². The number of nitrogens with zero attached hydrogens (tertiary/aromatic N) is 3. The summed E-state index contributed by atoms with van der Waals surface area (Å²) in [5, 5.41) is 5.09. The number of benzene rings is 12. The van der Waals surface area contributed by atoms with Gasteiger partial charge < -0.3 is 14.0 Å². The van der Waals surface area contributed by atoms with Crippen molar-refractivity contribution >= 4 is 60.7 Å². The fourth-order valence-electron chi connectivity index (χ4n) is 11.3. The van der Waals surface area contributed by atoms with E-state index in [1.165, 1.54) is 99.2 Å². The van der Waals surface area contributed by atoms with E-state index in [-0.39, 0.29) is 0 Å². The monoisotopic (exact) mass is 955 g/mol. The molecule has 14 aromatic rings. The van der Waals surface area contributed by atoms with Gasteiger partial charge in [0.15, 0.2) is 0 Å². The van der Waals surface area contributed by atoms with Gasteiger partial charge in [-0.1, -0.05) is 218 Å². The average Bonchev–Trinajstić information content (AvgIpc) is 4.03. The van der Waals surface area contributed by atoms with Gasteiger partial charge in [-0.15, -0.1) is 0 Å². The molecule has 0 fully saturated rings. The molecule has 0 amide bonds. The van der Waals surface area contributed by atoms with Gasteiger partial charge in [0.1, 0.15) is 0 Å². The fraction of sp³-hybridized carbons (Fsp3) is 0. The molecule has 0 aliphatic rings. The highest BCUT2D eigenvalue weighted by molar-refractivity contribution is 6.10. The zero-order valence-corrected chi connectivity index (χ0v) is 41.1. The lowest BCUT2D eigenvalue weighted by Crippen LogP contribution is -2.11. The van der Waals surface area contributed by atoms with Crippen LogP contribution in [0.5, 0.6) is 0 Å². The summed E-state index contributed by atoms with van der Waals surface area (Å²) >= 11 is 0. The van der Waals surface area contributed by atoms with Crippen LogP contribution >= 0.6 is 0 Å². The van der Waals surface area contributed by atoms with Crippen molar-refractivity contribution in [3.8, 4) is 67.0 Å². The largest absolute Gasteiger partial charge is 0.310 e. The Bertz CT molecular complexity index is 3990. The second kappa shape index (κ2) is 18.6. The van der Waals surface area contributed by atoms with Crippen LogP contribution in [0, 0.1) is 0 Å². The third kappa shape index (κ3) is 7.86. The van der Waals surface area contributed by atoms with Crippen molar-refractivity contribution in [2.75, 3.05) is 4.90 Å². The molecule has 0 N–H and O–H groups in total. The minimum Gasteiger partial charge on any atom is -0.310 e. The van der Waals surface area contributed by atoms with Crippen LogP contribution in [0.15, 0.2) is 297 Å². The normalized spacial score (nSPS) is 11.5. The van der Waals surface area contributed by atoms with Gasteiger partial charge in [-0.25, -0.2) is 0 Å². The molecule has 0 saturated heterocycles. The minimum atomic E-state index is 1.09. The molecule has 14 rings (SSSR count). The first-order chi connectivity index (χ1) is 37.2. The topological polar surface area (TPSA) is 13.1 Å². The van der Waals surface area contributed by atoms with Crippen LogP contribution in [0.3, 0.4) is 0 Å². The molecule has 0 spiro atoms. The van der Waals surface area contributed by atoms with Crippen molar-refractivity contribution in [3.63, 3.8) is 0 Å². The molecule has 0 bridgehead atoms. The predicted octanol–water partition coefficient (Wildman–Crippen LogP) is 19.7.